The van der Waals surface area contributed by atoms with Gasteiger partial charge in [-0.1, -0.05) is 24.3 Å². The number of benzene rings is 1. The van der Waals surface area contributed by atoms with Crippen molar-refractivity contribution in [3.05, 3.63) is 41.5 Å². The number of ether oxygens (including phenoxy) is 4. The number of aliphatic hydroxyl groups is 1. The Kier molecular flexibility index (Phi) is 7.17. The third-order valence-electron chi connectivity index (χ3n) is 7.00. The molecule has 1 aromatic rings. The second-order valence-corrected chi connectivity index (χ2v) is 9.38. The Labute approximate surface area is 214 Å². The highest BCUT2D eigenvalue weighted by molar-refractivity contribution is 5.93. The first-order chi connectivity index (χ1) is 18.1. The van der Waals surface area contributed by atoms with Crippen LogP contribution < -0.4 is 5.32 Å². The second kappa shape index (κ2) is 10.3. The van der Waals surface area contributed by atoms with Gasteiger partial charge in [0.05, 0.1) is 13.2 Å². The highest BCUT2D eigenvalue weighted by Gasteiger charge is 2.74. The van der Waals surface area contributed by atoms with Gasteiger partial charge in [-0.25, -0.2) is 4.79 Å². The molecule has 206 valence electrons. The molecule has 3 aliphatic heterocycles. The number of hydroxylamine groups is 2. The van der Waals surface area contributed by atoms with Crippen molar-refractivity contribution in [1.29, 1.82) is 0 Å². The van der Waals surface area contributed by atoms with Crippen molar-refractivity contribution in [1.82, 2.24) is 10.4 Å². The number of carbonyl (C=O) groups is 3. The summed E-state index contributed by atoms with van der Waals surface area (Å²) >= 11 is 0. The van der Waals surface area contributed by atoms with E-state index >= 15 is 0 Å². The Morgan fingerprint density at radius 2 is 1.95 bits per heavy atom. The molecule has 38 heavy (non-hydrogen) atoms. The highest BCUT2D eigenvalue weighted by atomic mass is 19.4. The lowest BCUT2D eigenvalue weighted by Crippen LogP contribution is -2.69. The number of fused-ring (bicyclic) bond motifs is 4. The predicted octanol–water partition coefficient (Wildman–Crippen LogP) is 0.455. The number of halogens is 3. The number of amides is 1. The average molecular weight is 542 g/mol. The van der Waals surface area contributed by atoms with Crippen molar-refractivity contribution >= 4 is 23.9 Å². The first kappa shape index (κ1) is 26.6. The Morgan fingerprint density at radius 1 is 1.21 bits per heavy atom. The minimum atomic E-state index is -4.61. The van der Waals surface area contributed by atoms with E-state index in [0.717, 1.165) is 6.08 Å². The molecule has 6 unspecified atom stereocenters. The van der Waals surface area contributed by atoms with Gasteiger partial charge in [-0.05, 0) is 17.2 Å². The molecule has 6 atom stereocenters. The zero-order valence-corrected chi connectivity index (χ0v) is 19.9. The molecule has 3 heterocycles. The van der Waals surface area contributed by atoms with E-state index in [0.29, 0.717) is 11.1 Å². The van der Waals surface area contributed by atoms with Gasteiger partial charge < -0.3 is 29.4 Å². The van der Waals surface area contributed by atoms with E-state index in [-0.39, 0.29) is 32.9 Å². The molecule has 1 aliphatic carbocycles. The summed E-state index contributed by atoms with van der Waals surface area (Å²) in [4.78, 5) is 44.2. The molecule has 2 N–H and O–H groups in total. The van der Waals surface area contributed by atoms with E-state index in [1.165, 1.54) is 11.1 Å². The highest BCUT2D eigenvalue weighted by Crippen LogP contribution is 2.55. The summed E-state index contributed by atoms with van der Waals surface area (Å²) in [5.41, 5.74) is -0.113. The van der Waals surface area contributed by atoms with Crippen LogP contribution in [0.1, 0.15) is 17.5 Å². The summed E-state index contributed by atoms with van der Waals surface area (Å²) in [6.07, 6.45) is -4.97. The molecule has 1 amide bonds. The first-order valence-corrected chi connectivity index (χ1v) is 11.9. The number of nitrogens with one attached hydrogen (secondary N) is 1. The Morgan fingerprint density at radius 3 is 2.66 bits per heavy atom. The fourth-order valence-corrected chi connectivity index (χ4v) is 5.45. The van der Waals surface area contributed by atoms with Crippen LogP contribution in [-0.2, 0) is 44.7 Å². The number of carbonyl (C=O) groups excluding carboxylic acids is 3. The van der Waals surface area contributed by atoms with Crippen molar-refractivity contribution in [2.45, 2.75) is 49.6 Å². The van der Waals surface area contributed by atoms with Crippen molar-refractivity contribution in [2.24, 2.45) is 5.41 Å². The Bertz CT molecular complexity index is 1110. The predicted molar refractivity (Wildman–Crippen MR) is 118 cm³/mol. The summed E-state index contributed by atoms with van der Waals surface area (Å²) in [5, 5.41) is 13.3. The minimum absolute atomic E-state index is 0.00389. The maximum atomic E-state index is 13.4. The van der Waals surface area contributed by atoms with Crippen molar-refractivity contribution in [3.63, 3.8) is 0 Å². The molecule has 0 spiro atoms. The van der Waals surface area contributed by atoms with Crippen molar-refractivity contribution in [3.8, 4) is 0 Å². The summed E-state index contributed by atoms with van der Waals surface area (Å²) < 4.78 is 57.6. The van der Waals surface area contributed by atoms with Crippen LogP contribution in [-0.4, -0.2) is 91.2 Å². The lowest BCUT2D eigenvalue weighted by atomic mass is 9.62. The average Bonchev–Trinajstić information content (AvgIpc) is 3.50. The number of hydrogen-bond donors (Lipinski definition) is 2. The molecule has 3 saturated heterocycles. The minimum Gasteiger partial charge on any atom is -0.458 e. The van der Waals surface area contributed by atoms with Crippen LogP contribution >= 0.6 is 0 Å². The van der Waals surface area contributed by atoms with E-state index in [4.69, 9.17) is 19.0 Å². The summed E-state index contributed by atoms with van der Waals surface area (Å²) in [5.74, 6) is -2.21. The standard InChI is InChI=1S/C24H25F3N2O9/c25-24(26,27)11-34-16(31)6-5-13-1-3-14(4-2-13)10-29-19-21(32)37-15-9-23(19,22(33)28-7-8-30)20(38-29)18-17(15)35-12-36-18/h1-6,15,17-20,30H,7-12H2,(H,28,33). The van der Waals surface area contributed by atoms with Gasteiger partial charge >= 0.3 is 18.1 Å². The van der Waals surface area contributed by atoms with Crippen molar-refractivity contribution < 1.29 is 56.4 Å². The molecular formula is C24H25F3N2O9. The number of alkyl halides is 3. The second-order valence-electron chi connectivity index (χ2n) is 9.38. The monoisotopic (exact) mass is 542 g/mol. The molecule has 4 fully saturated rings. The van der Waals surface area contributed by atoms with Gasteiger partial charge in [0.15, 0.2) is 12.6 Å². The van der Waals surface area contributed by atoms with Crippen LogP contribution in [0.25, 0.3) is 6.08 Å². The number of aliphatic hydroxyl groups excluding tert-OH is 1. The molecule has 4 aliphatic rings. The van der Waals surface area contributed by atoms with Gasteiger partial charge in [-0.2, -0.15) is 18.2 Å². The number of rotatable bonds is 8. The third kappa shape index (κ3) is 4.89. The van der Waals surface area contributed by atoms with E-state index in [1.807, 2.05) is 0 Å². The topological polar surface area (TPSA) is 133 Å². The van der Waals surface area contributed by atoms with Gasteiger partial charge in [0.2, 0.25) is 5.91 Å². The lowest BCUT2D eigenvalue weighted by molar-refractivity contribution is -0.201. The zero-order chi connectivity index (χ0) is 27.1. The summed E-state index contributed by atoms with van der Waals surface area (Å²) in [7, 11) is 0. The smallest absolute Gasteiger partial charge is 0.422 e. The van der Waals surface area contributed by atoms with Crippen LogP contribution in [0.5, 0.6) is 0 Å². The van der Waals surface area contributed by atoms with Gasteiger partial charge in [0.25, 0.3) is 0 Å². The SMILES string of the molecule is O=C(C=Cc1ccc(CN2OC3C4OCOC4C4CC3(C(=O)NCCO)C2C(=O)O4)cc1)OCC(F)(F)F. The molecule has 1 saturated carbocycles. The summed E-state index contributed by atoms with van der Waals surface area (Å²) in [6.45, 7) is -1.88. The number of nitrogens with zero attached hydrogens (tertiary/aromatic N) is 1. The maximum Gasteiger partial charge on any atom is 0.422 e. The van der Waals surface area contributed by atoms with E-state index in [2.05, 4.69) is 10.1 Å². The summed E-state index contributed by atoms with van der Waals surface area (Å²) in [6, 6.07) is 5.53. The molecule has 14 heteroatoms. The molecular weight excluding hydrogens is 517 g/mol. The van der Waals surface area contributed by atoms with Gasteiger partial charge in [0.1, 0.15) is 36.6 Å². The molecule has 11 nitrogen and oxygen atoms in total. The van der Waals surface area contributed by atoms with Gasteiger partial charge in [-0.3, -0.25) is 14.4 Å². The lowest BCUT2D eigenvalue weighted by Gasteiger charge is -2.48. The zero-order valence-electron chi connectivity index (χ0n) is 19.9. The number of hydrogen-bond acceptors (Lipinski definition) is 10. The maximum absolute atomic E-state index is 13.4. The largest absolute Gasteiger partial charge is 0.458 e. The molecule has 0 radical (unpaired) electrons. The first-order valence-electron chi connectivity index (χ1n) is 11.9. The Hall–Kier alpha value is -3.04. The fraction of sp³-hybridized carbons (Fsp3) is 0.542. The Balaban J connectivity index is 1.33. The molecule has 1 aromatic carbocycles. The third-order valence-corrected chi connectivity index (χ3v) is 7.00. The van der Waals surface area contributed by atoms with E-state index in [9.17, 15) is 32.7 Å². The van der Waals surface area contributed by atoms with Crippen LogP contribution in [0.15, 0.2) is 30.3 Å². The quantitative estimate of drug-likeness (QED) is 0.353. The van der Waals surface area contributed by atoms with Crippen LogP contribution in [0.4, 0.5) is 13.2 Å². The van der Waals surface area contributed by atoms with Crippen LogP contribution in [0, 0.1) is 5.41 Å². The molecule has 2 bridgehead atoms. The normalized spacial score (nSPS) is 32.2. The molecule has 5 rings (SSSR count). The van der Waals surface area contributed by atoms with Crippen molar-refractivity contribution in [2.75, 3.05) is 26.6 Å². The van der Waals surface area contributed by atoms with Crippen LogP contribution in [0.2, 0.25) is 0 Å². The molecule has 0 aromatic heterocycles. The number of esters is 2. The van der Waals surface area contributed by atoms with E-state index in [1.54, 1.807) is 24.3 Å². The fourth-order valence-electron chi connectivity index (χ4n) is 5.45. The van der Waals surface area contributed by atoms with Gasteiger partial charge in [0, 0.05) is 19.0 Å². The van der Waals surface area contributed by atoms with Crippen LogP contribution in [0.3, 0.4) is 0 Å². The van der Waals surface area contributed by atoms with E-state index < -0.39 is 66.5 Å². The van der Waals surface area contributed by atoms with Gasteiger partial charge in [-0.15, -0.1) is 0 Å².